The van der Waals surface area contributed by atoms with E-state index in [1.54, 1.807) is 0 Å². The minimum atomic E-state index is 0.428. The van der Waals surface area contributed by atoms with Gasteiger partial charge in [0.1, 0.15) is 0 Å². The minimum absolute atomic E-state index is 0.428. The van der Waals surface area contributed by atoms with Crippen LogP contribution in [0.15, 0.2) is 24.3 Å². The zero-order valence-corrected chi connectivity index (χ0v) is 12.8. The van der Waals surface area contributed by atoms with Crippen LogP contribution < -0.4 is 5.32 Å². The van der Waals surface area contributed by atoms with Crippen LogP contribution in [-0.4, -0.2) is 30.1 Å². The fourth-order valence-electron chi connectivity index (χ4n) is 4.04. The molecule has 0 bridgehead atoms. The first-order chi connectivity index (χ1) is 9.81. The maximum Gasteiger partial charge on any atom is 0.0309 e. The van der Waals surface area contributed by atoms with E-state index in [1.165, 1.54) is 56.3 Å². The van der Waals surface area contributed by atoms with Crippen LogP contribution in [0.3, 0.4) is 0 Å². The maximum absolute atomic E-state index is 3.84. The molecule has 1 aromatic rings. The van der Waals surface area contributed by atoms with E-state index in [9.17, 15) is 0 Å². The molecule has 2 fully saturated rings. The number of hydrogen-bond acceptors (Lipinski definition) is 2. The predicted molar refractivity (Wildman–Crippen MR) is 84.9 cm³/mol. The molecule has 1 saturated carbocycles. The van der Waals surface area contributed by atoms with Gasteiger partial charge in [0.15, 0.2) is 0 Å². The van der Waals surface area contributed by atoms with Crippen molar-refractivity contribution in [3.8, 4) is 0 Å². The van der Waals surface area contributed by atoms with Crippen molar-refractivity contribution in [2.24, 2.45) is 0 Å². The Hall–Kier alpha value is -0.860. The molecule has 1 saturated heterocycles. The van der Waals surface area contributed by atoms with E-state index >= 15 is 0 Å². The third kappa shape index (κ3) is 3.07. The van der Waals surface area contributed by atoms with Crippen LogP contribution in [0.1, 0.15) is 50.2 Å². The van der Waals surface area contributed by atoms with E-state index in [-0.39, 0.29) is 0 Å². The normalized spacial score (nSPS) is 23.1. The van der Waals surface area contributed by atoms with Crippen LogP contribution in [0.4, 0.5) is 0 Å². The Morgan fingerprint density at radius 3 is 2.60 bits per heavy atom. The summed E-state index contributed by atoms with van der Waals surface area (Å²) in [5.41, 5.74) is 3.48. The number of aryl methyl sites for hydroxylation is 1. The summed E-state index contributed by atoms with van der Waals surface area (Å²) in [5, 5.41) is 3.84. The highest BCUT2D eigenvalue weighted by Gasteiger charge is 2.35. The largest absolute Gasteiger partial charge is 0.309 e. The highest BCUT2D eigenvalue weighted by Crippen LogP contribution is 2.31. The third-order valence-electron chi connectivity index (χ3n) is 5.16. The molecule has 2 nitrogen and oxygen atoms in total. The van der Waals surface area contributed by atoms with E-state index in [0.29, 0.717) is 5.54 Å². The number of piperazine rings is 1. The van der Waals surface area contributed by atoms with Crippen molar-refractivity contribution >= 4 is 0 Å². The van der Waals surface area contributed by atoms with Gasteiger partial charge in [-0.3, -0.25) is 4.90 Å². The van der Waals surface area contributed by atoms with Gasteiger partial charge in [0.2, 0.25) is 0 Å². The molecule has 1 N–H and O–H groups in total. The van der Waals surface area contributed by atoms with Crippen LogP contribution in [0, 0.1) is 0 Å². The second-order valence-corrected chi connectivity index (χ2v) is 6.60. The van der Waals surface area contributed by atoms with Gasteiger partial charge in [-0.05, 0) is 30.4 Å². The average Bonchev–Trinajstić information content (AvgIpc) is 2.49. The fourth-order valence-corrected chi connectivity index (χ4v) is 4.04. The summed E-state index contributed by atoms with van der Waals surface area (Å²) < 4.78 is 0. The van der Waals surface area contributed by atoms with E-state index in [0.717, 1.165) is 19.5 Å². The minimum Gasteiger partial charge on any atom is -0.309 e. The Kier molecular flexibility index (Phi) is 4.42. The molecule has 110 valence electrons. The summed E-state index contributed by atoms with van der Waals surface area (Å²) in [6.45, 7) is 6.99. The lowest BCUT2D eigenvalue weighted by Crippen LogP contribution is -2.60. The molecule has 2 aliphatic rings. The summed E-state index contributed by atoms with van der Waals surface area (Å²) in [7, 11) is 0. The Morgan fingerprint density at radius 1 is 1.10 bits per heavy atom. The Bertz CT molecular complexity index is 429. The van der Waals surface area contributed by atoms with Gasteiger partial charge in [-0.25, -0.2) is 0 Å². The van der Waals surface area contributed by atoms with Gasteiger partial charge in [0, 0.05) is 31.7 Å². The number of benzene rings is 1. The number of nitrogens with one attached hydrogen (secondary N) is 1. The summed E-state index contributed by atoms with van der Waals surface area (Å²) in [6.07, 6.45) is 8.14. The molecule has 1 heterocycles. The molecule has 0 radical (unpaired) electrons. The first kappa shape index (κ1) is 14.1. The molecule has 1 aliphatic heterocycles. The van der Waals surface area contributed by atoms with Gasteiger partial charge < -0.3 is 5.32 Å². The Balaban J connectivity index is 1.68. The van der Waals surface area contributed by atoms with Crippen molar-refractivity contribution < 1.29 is 0 Å². The zero-order valence-electron chi connectivity index (χ0n) is 12.8. The molecule has 3 rings (SSSR count). The van der Waals surface area contributed by atoms with Gasteiger partial charge in [-0.15, -0.1) is 0 Å². The average molecular weight is 272 g/mol. The molecule has 0 atom stereocenters. The second-order valence-electron chi connectivity index (χ2n) is 6.60. The lowest BCUT2D eigenvalue weighted by molar-refractivity contribution is 0.0943. The SMILES string of the molecule is CCc1ccccc1CN1CCNC2(CCCCC2)C1. The zero-order chi connectivity index (χ0) is 13.8. The van der Waals surface area contributed by atoms with E-state index in [4.69, 9.17) is 0 Å². The first-order valence-electron chi connectivity index (χ1n) is 8.35. The van der Waals surface area contributed by atoms with Gasteiger partial charge in [0.05, 0.1) is 0 Å². The van der Waals surface area contributed by atoms with Crippen molar-refractivity contribution in [1.82, 2.24) is 10.2 Å². The van der Waals surface area contributed by atoms with Crippen LogP contribution >= 0.6 is 0 Å². The van der Waals surface area contributed by atoms with Crippen LogP contribution in [0.2, 0.25) is 0 Å². The summed E-state index contributed by atoms with van der Waals surface area (Å²) >= 11 is 0. The van der Waals surface area contributed by atoms with Gasteiger partial charge in [0.25, 0.3) is 0 Å². The molecule has 20 heavy (non-hydrogen) atoms. The van der Waals surface area contributed by atoms with Gasteiger partial charge >= 0.3 is 0 Å². The van der Waals surface area contributed by atoms with Crippen LogP contribution in [0.5, 0.6) is 0 Å². The maximum atomic E-state index is 3.84. The fraction of sp³-hybridized carbons (Fsp3) is 0.667. The van der Waals surface area contributed by atoms with Crippen molar-refractivity contribution in [3.63, 3.8) is 0 Å². The van der Waals surface area contributed by atoms with Gasteiger partial charge in [-0.1, -0.05) is 50.5 Å². The van der Waals surface area contributed by atoms with E-state index in [1.807, 2.05) is 0 Å². The topological polar surface area (TPSA) is 15.3 Å². The number of hydrogen-bond donors (Lipinski definition) is 1. The van der Waals surface area contributed by atoms with Crippen molar-refractivity contribution in [2.45, 2.75) is 57.5 Å². The van der Waals surface area contributed by atoms with Crippen molar-refractivity contribution in [3.05, 3.63) is 35.4 Å². The van der Waals surface area contributed by atoms with Gasteiger partial charge in [-0.2, -0.15) is 0 Å². The van der Waals surface area contributed by atoms with Crippen molar-refractivity contribution in [1.29, 1.82) is 0 Å². The van der Waals surface area contributed by atoms with Crippen LogP contribution in [0.25, 0.3) is 0 Å². The molecule has 0 aromatic heterocycles. The standard InChI is InChI=1S/C18H28N2/c1-2-16-8-4-5-9-17(16)14-20-13-12-19-18(15-20)10-6-3-7-11-18/h4-5,8-9,19H,2-3,6-7,10-15H2,1H3. The quantitative estimate of drug-likeness (QED) is 0.907. The number of nitrogens with zero attached hydrogens (tertiary/aromatic N) is 1. The lowest BCUT2D eigenvalue weighted by Gasteiger charge is -2.46. The van der Waals surface area contributed by atoms with E-state index < -0.39 is 0 Å². The van der Waals surface area contributed by atoms with Crippen LogP contribution in [-0.2, 0) is 13.0 Å². The third-order valence-corrected chi connectivity index (χ3v) is 5.16. The smallest absolute Gasteiger partial charge is 0.0309 e. The Morgan fingerprint density at radius 2 is 1.85 bits per heavy atom. The molecule has 1 aliphatic carbocycles. The molecular formula is C18H28N2. The summed E-state index contributed by atoms with van der Waals surface area (Å²) in [6, 6.07) is 8.96. The molecule has 1 aromatic carbocycles. The molecular weight excluding hydrogens is 244 g/mol. The molecule has 1 spiro atoms. The summed E-state index contributed by atoms with van der Waals surface area (Å²) in [4.78, 5) is 2.68. The van der Waals surface area contributed by atoms with Crippen molar-refractivity contribution in [2.75, 3.05) is 19.6 Å². The summed E-state index contributed by atoms with van der Waals surface area (Å²) in [5.74, 6) is 0. The molecule has 2 heteroatoms. The number of rotatable bonds is 3. The Labute approximate surface area is 123 Å². The van der Waals surface area contributed by atoms with E-state index in [2.05, 4.69) is 41.4 Å². The highest BCUT2D eigenvalue weighted by atomic mass is 15.2. The lowest BCUT2D eigenvalue weighted by atomic mass is 9.80. The second kappa shape index (κ2) is 6.28. The first-order valence-corrected chi connectivity index (χ1v) is 8.35. The predicted octanol–water partition coefficient (Wildman–Crippen LogP) is 3.36. The monoisotopic (exact) mass is 272 g/mol. The highest BCUT2D eigenvalue weighted by molar-refractivity contribution is 5.27. The molecule has 0 amide bonds. The molecule has 0 unspecified atom stereocenters.